The highest BCUT2D eigenvalue weighted by atomic mass is 19.4. The van der Waals surface area contributed by atoms with Crippen molar-refractivity contribution in [1.82, 2.24) is 4.90 Å². The van der Waals surface area contributed by atoms with Gasteiger partial charge < -0.3 is 5.11 Å². The van der Waals surface area contributed by atoms with Crippen molar-refractivity contribution < 1.29 is 23.1 Å². The van der Waals surface area contributed by atoms with Crippen molar-refractivity contribution in [3.05, 3.63) is 94.0 Å². The van der Waals surface area contributed by atoms with Crippen LogP contribution in [0.4, 0.5) is 13.2 Å². The zero-order valence-corrected chi connectivity index (χ0v) is 28.2. The lowest BCUT2D eigenvalue weighted by Crippen LogP contribution is -2.34. The summed E-state index contributed by atoms with van der Waals surface area (Å²) in [7, 11) is 0. The predicted octanol–water partition coefficient (Wildman–Crippen LogP) is 10.6. The third kappa shape index (κ3) is 9.00. The molecule has 3 nitrogen and oxygen atoms in total. The van der Waals surface area contributed by atoms with E-state index in [0.717, 1.165) is 55.7 Å². The van der Waals surface area contributed by atoms with E-state index in [2.05, 4.69) is 70.7 Å². The van der Waals surface area contributed by atoms with E-state index in [4.69, 9.17) is 0 Å². The zero-order valence-electron chi connectivity index (χ0n) is 28.2. The summed E-state index contributed by atoms with van der Waals surface area (Å²) in [5.41, 5.74) is 6.52. The molecular formula is C39H50F3NO2. The van der Waals surface area contributed by atoms with Crippen LogP contribution < -0.4 is 0 Å². The molecule has 1 heterocycles. The Morgan fingerprint density at radius 3 is 1.96 bits per heavy atom. The predicted molar refractivity (Wildman–Crippen MR) is 178 cm³/mol. The van der Waals surface area contributed by atoms with Gasteiger partial charge in [0.2, 0.25) is 0 Å². The molecule has 0 spiro atoms. The highest BCUT2D eigenvalue weighted by Crippen LogP contribution is 2.38. The molecule has 45 heavy (non-hydrogen) atoms. The summed E-state index contributed by atoms with van der Waals surface area (Å²) in [5.74, 6) is -1.20. The third-order valence-electron chi connectivity index (χ3n) is 9.04. The number of carbonyl (C=O) groups is 1. The summed E-state index contributed by atoms with van der Waals surface area (Å²) >= 11 is 0. The number of nitrogens with zero attached hydrogens (tertiary/aromatic N) is 1. The first-order chi connectivity index (χ1) is 20.8. The molecule has 1 aliphatic heterocycles. The van der Waals surface area contributed by atoms with Gasteiger partial charge in [-0.2, -0.15) is 13.2 Å². The zero-order chi connectivity index (χ0) is 33.3. The fourth-order valence-electron chi connectivity index (χ4n) is 6.36. The van der Waals surface area contributed by atoms with Crippen molar-refractivity contribution in [3.63, 3.8) is 0 Å². The molecule has 0 radical (unpaired) electrons. The molecule has 0 aliphatic carbocycles. The summed E-state index contributed by atoms with van der Waals surface area (Å²) in [6, 6.07) is 18.2. The molecule has 1 fully saturated rings. The largest absolute Gasteiger partial charge is 0.481 e. The Balaban J connectivity index is 1.70. The van der Waals surface area contributed by atoms with Crippen LogP contribution in [-0.4, -0.2) is 29.1 Å². The van der Waals surface area contributed by atoms with Gasteiger partial charge in [0.1, 0.15) is 0 Å². The SMILES string of the molecule is CC(C)CC(C(=O)O)c1cc(-c2ccc(C(F)(F)F)cc2)cc(C2CCCN(Cc3cc(C(C)(C)C)cc(C(C)(C)C)c3)C2)c1. The minimum Gasteiger partial charge on any atom is -0.481 e. The fraction of sp³-hybridized carbons (Fsp3) is 0.513. The quantitative estimate of drug-likeness (QED) is 0.272. The number of benzene rings is 3. The average Bonchev–Trinajstić information content (AvgIpc) is 2.94. The lowest BCUT2D eigenvalue weighted by Gasteiger charge is -2.34. The number of carboxylic acid groups (broad SMARTS) is 1. The number of hydrogen-bond acceptors (Lipinski definition) is 2. The number of halogens is 3. The summed E-state index contributed by atoms with van der Waals surface area (Å²) in [5, 5.41) is 10.2. The Morgan fingerprint density at radius 2 is 1.44 bits per heavy atom. The monoisotopic (exact) mass is 621 g/mol. The van der Waals surface area contributed by atoms with Crippen LogP contribution in [0.25, 0.3) is 11.1 Å². The van der Waals surface area contributed by atoms with Gasteiger partial charge in [0.15, 0.2) is 0 Å². The van der Waals surface area contributed by atoms with Gasteiger partial charge in [-0.05, 0) is 99.5 Å². The molecule has 2 atom stereocenters. The molecule has 0 aromatic heterocycles. The van der Waals surface area contributed by atoms with Crippen LogP contribution in [-0.2, 0) is 28.3 Å². The van der Waals surface area contributed by atoms with Crippen molar-refractivity contribution in [1.29, 1.82) is 0 Å². The molecular weight excluding hydrogens is 571 g/mol. The lowest BCUT2D eigenvalue weighted by atomic mass is 9.79. The fourth-order valence-corrected chi connectivity index (χ4v) is 6.36. The van der Waals surface area contributed by atoms with E-state index >= 15 is 0 Å². The van der Waals surface area contributed by atoms with Gasteiger partial charge in [0.25, 0.3) is 0 Å². The van der Waals surface area contributed by atoms with E-state index in [1.54, 1.807) is 0 Å². The van der Waals surface area contributed by atoms with E-state index in [-0.39, 0.29) is 22.7 Å². The minimum absolute atomic E-state index is 0.0340. The molecule has 3 aromatic carbocycles. The summed E-state index contributed by atoms with van der Waals surface area (Å²) < 4.78 is 39.9. The Hall–Kier alpha value is -3.12. The van der Waals surface area contributed by atoms with Gasteiger partial charge in [-0.25, -0.2) is 0 Å². The number of aliphatic carboxylic acids is 1. The number of carboxylic acids is 1. The van der Waals surface area contributed by atoms with Gasteiger partial charge in [0, 0.05) is 13.1 Å². The highest BCUT2D eigenvalue weighted by molar-refractivity contribution is 5.78. The molecule has 244 valence electrons. The van der Waals surface area contributed by atoms with Crippen molar-refractivity contribution in [3.8, 4) is 11.1 Å². The second-order valence-corrected chi connectivity index (χ2v) is 15.5. The summed E-state index contributed by atoms with van der Waals surface area (Å²) in [6.07, 6.45) is -1.93. The van der Waals surface area contributed by atoms with Crippen LogP contribution >= 0.6 is 0 Å². The number of likely N-dealkylation sites (tertiary alicyclic amines) is 1. The van der Waals surface area contributed by atoms with Crippen molar-refractivity contribution >= 4 is 5.97 Å². The summed E-state index contributed by atoms with van der Waals surface area (Å²) in [4.78, 5) is 14.9. The third-order valence-corrected chi connectivity index (χ3v) is 9.04. The molecule has 2 unspecified atom stereocenters. The Bertz CT molecular complexity index is 1440. The van der Waals surface area contributed by atoms with E-state index in [0.29, 0.717) is 17.5 Å². The second-order valence-electron chi connectivity index (χ2n) is 15.5. The Morgan fingerprint density at radius 1 is 0.844 bits per heavy atom. The van der Waals surface area contributed by atoms with Crippen LogP contribution in [0.15, 0.2) is 60.7 Å². The number of alkyl halides is 3. The van der Waals surface area contributed by atoms with Gasteiger partial charge >= 0.3 is 12.1 Å². The molecule has 3 aromatic rings. The molecule has 4 rings (SSSR count). The van der Waals surface area contributed by atoms with Crippen LogP contribution in [0.5, 0.6) is 0 Å². The molecule has 0 amide bonds. The van der Waals surface area contributed by atoms with Crippen LogP contribution in [0, 0.1) is 5.92 Å². The molecule has 0 bridgehead atoms. The van der Waals surface area contributed by atoms with Gasteiger partial charge in [-0.3, -0.25) is 9.69 Å². The highest BCUT2D eigenvalue weighted by Gasteiger charge is 2.31. The van der Waals surface area contributed by atoms with E-state index in [1.807, 2.05) is 26.0 Å². The maximum atomic E-state index is 13.3. The van der Waals surface area contributed by atoms with E-state index in [1.165, 1.54) is 28.8 Å². The number of rotatable bonds is 8. The van der Waals surface area contributed by atoms with Gasteiger partial charge in [0.05, 0.1) is 11.5 Å². The maximum absolute atomic E-state index is 13.3. The van der Waals surface area contributed by atoms with Gasteiger partial charge in [-0.15, -0.1) is 0 Å². The second kappa shape index (κ2) is 13.3. The Kier molecular flexibility index (Phi) is 10.3. The molecule has 6 heteroatoms. The van der Waals surface area contributed by atoms with Crippen LogP contribution in [0.3, 0.4) is 0 Å². The topological polar surface area (TPSA) is 40.5 Å². The standard InChI is InChI=1S/C39H50F3NO2/c1-25(2)16-35(36(44)45)31-20-29(27-11-13-32(14-12-27)39(40,41)42)19-30(21-31)28-10-9-15-43(24-28)23-26-17-33(37(3,4)5)22-34(18-26)38(6,7)8/h11-14,17-22,25,28,35H,9-10,15-16,23-24H2,1-8H3,(H,44,45). The summed E-state index contributed by atoms with van der Waals surface area (Å²) in [6.45, 7) is 20.2. The van der Waals surface area contributed by atoms with Crippen molar-refractivity contribution in [2.75, 3.05) is 13.1 Å². The van der Waals surface area contributed by atoms with Gasteiger partial charge in [-0.1, -0.05) is 104 Å². The smallest absolute Gasteiger partial charge is 0.416 e. The van der Waals surface area contributed by atoms with Crippen molar-refractivity contribution in [2.24, 2.45) is 5.92 Å². The normalized spacial score (nSPS) is 17.5. The first-order valence-corrected chi connectivity index (χ1v) is 16.2. The van der Waals surface area contributed by atoms with Crippen LogP contribution in [0.2, 0.25) is 0 Å². The Labute approximate surface area is 267 Å². The van der Waals surface area contributed by atoms with Crippen molar-refractivity contribution in [2.45, 2.75) is 110 Å². The molecule has 1 N–H and O–H groups in total. The maximum Gasteiger partial charge on any atom is 0.416 e. The van der Waals surface area contributed by atoms with E-state index < -0.39 is 23.6 Å². The molecule has 0 saturated carbocycles. The number of piperidine rings is 1. The van der Waals surface area contributed by atoms with E-state index in [9.17, 15) is 23.1 Å². The van der Waals surface area contributed by atoms with Crippen LogP contribution in [0.1, 0.15) is 120 Å². The first-order valence-electron chi connectivity index (χ1n) is 16.2. The minimum atomic E-state index is -4.41. The molecule has 1 saturated heterocycles. The average molecular weight is 622 g/mol. The lowest BCUT2D eigenvalue weighted by molar-refractivity contribution is -0.139. The first kappa shape index (κ1) is 34.7. The molecule has 1 aliphatic rings. The number of hydrogen-bond donors (Lipinski definition) is 1.